The van der Waals surface area contributed by atoms with Crippen LogP contribution in [0.15, 0.2) is 54.6 Å². The van der Waals surface area contributed by atoms with E-state index in [4.69, 9.17) is 10.8 Å². The number of carboxylic acids is 2. The normalized spacial score (nSPS) is 14.6. The minimum Gasteiger partial charge on any atom is -0.508 e. The van der Waals surface area contributed by atoms with Crippen molar-refractivity contribution in [3.05, 3.63) is 65.7 Å². The first-order valence-electron chi connectivity index (χ1n) is 12.8. The van der Waals surface area contributed by atoms with Gasteiger partial charge in [-0.2, -0.15) is 0 Å². The lowest BCUT2D eigenvalue weighted by Gasteiger charge is -2.28. The van der Waals surface area contributed by atoms with Gasteiger partial charge >= 0.3 is 11.9 Å². The topological polar surface area (TPSA) is 208 Å². The molecule has 8 N–H and O–H groups in total. The Morgan fingerprint density at radius 2 is 1.32 bits per heavy atom. The van der Waals surface area contributed by atoms with E-state index in [1.807, 2.05) is 0 Å². The molecule has 2 rings (SSSR count). The van der Waals surface area contributed by atoms with E-state index in [2.05, 4.69) is 16.0 Å². The summed E-state index contributed by atoms with van der Waals surface area (Å²) in [6, 6.07) is 9.59. The zero-order chi connectivity index (χ0) is 29.8. The average molecular weight is 557 g/mol. The van der Waals surface area contributed by atoms with Gasteiger partial charge in [0.25, 0.3) is 0 Å². The lowest BCUT2D eigenvalue weighted by atomic mass is 9.96. The number of phenolic OH excluding ortho intramolecular Hbond substituents is 1. The minimum absolute atomic E-state index is 0.00531. The summed E-state index contributed by atoms with van der Waals surface area (Å²) >= 11 is 0. The Kier molecular flexibility index (Phi) is 12.1. The van der Waals surface area contributed by atoms with E-state index in [-0.39, 0.29) is 18.6 Å². The van der Waals surface area contributed by atoms with Gasteiger partial charge in [-0.3, -0.25) is 19.2 Å². The molecule has 2 aromatic rings. The summed E-state index contributed by atoms with van der Waals surface area (Å²) in [5.41, 5.74) is 6.93. The summed E-state index contributed by atoms with van der Waals surface area (Å²) in [7, 11) is 0. The molecule has 0 aliphatic heterocycles. The molecule has 216 valence electrons. The molecule has 0 saturated carbocycles. The molecule has 0 spiro atoms. The smallest absolute Gasteiger partial charge is 0.326 e. The third-order valence-electron chi connectivity index (χ3n) is 6.43. The molecular formula is C28H36N4O8. The monoisotopic (exact) mass is 556 g/mol. The van der Waals surface area contributed by atoms with E-state index >= 15 is 0 Å². The first-order chi connectivity index (χ1) is 18.9. The van der Waals surface area contributed by atoms with Gasteiger partial charge in [0.1, 0.15) is 23.9 Å². The van der Waals surface area contributed by atoms with Gasteiger partial charge in [0.2, 0.25) is 17.7 Å². The van der Waals surface area contributed by atoms with Crippen molar-refractivity contribution in [2.45, 2.75) is 63.7 Å². The second-order valence-electron chi connectivity index (χ2n) is 9.60. The lowest BCUT2D eigenvalue weighted by molar-refractivity contribution is -0.142. The van der Waals surface area contributed by atoms with Crippen molar-refractivity contribution in [2.24, 2.45) is 11.7 Å². The highest BCUT2D eigenvalue weighted by atomic mass is 16.4. The van der Waals surface area contributed by atoms with Crippen LogP contribution in [0.1, 0.15) is 37.8 Å². The molecule has 3 amide bonds. The van der Waals surface area contributed by atoms with Crippen LogP contribution >= 0.6 is 0 Å². The number of aliphatic carboxylic acids is 2. The van der Waals surface area contributed by atoms with Crippen LogP contribution in [0.25, 0.3) is 0 Å². The number of hydrogen-bond donors (Lipinski definition) is 7. The van der Waals surface area contributed by atoms with Crippen LogP contribution in [0.2, 0.25) is 0 Å². The number of nitrogens with one attached hydrogen (secondary N) is 3. The molecule has 5 unspecified atom stereocenters. The molecule has 0 radical (unpaired) electrons. The summed E-state index contributed by atoms with van der Waals surface area (Å²) in [5, 5.41) is 35.8. The fourth-order valence-corrected chi connectivity index (χ4v) is 3.90. The Morgan fingerprint density at radius 1 is 0.775 bits per heavy atom. The number of phenols is 1. The minimum atomic E-state index is -1.42. The van der Waals surface area contributed by atoms with Gasteiger partial charge in [-0.25, -0.2) is 4.79 Å². The van der Waals surface area contributed by atoms with E-state index in [0.717, 1.165) is 0 Å². The molecule has 12 nitrogen and oxygen atoms in total. The van der Waals surface area contributed by atoms with E-state index < -0.39 is 66.2 Å². The van der Waals surface area contributed by atoms with Crippen LogP contribution in [0, 0.1) is 5.92 Å². The second-order valence-corrected chi connectivity index (χ2v) is 9.60. The van der Waals surface area contributed by atoms with Gasteiger partial charge < -0.3 is 37.0 Å². The zero-order valence-electron chi connectivity index (χ0n) is 22.4. The third kappa shape index (κ3) is 10.0. The van der Waals surface area contributed by atoms with E-state index in [0.29, 0.717) is 17.5 Å². The van der Waals surface area contributed by atoms with Gasteiger partial charge in [-0.15, -0.1) is 0 Å². The maximum absolute atomic E-state index is 13.4. The van der Waals surface area contributed by atoms with Crippen molar-refractivity contribution in [3.8, 4) is 5.75 Å². The van der Waals surface area contributed by atoms with Crippen molar-refractivity contribution in [1.82, 2.24) is 16.0 Å². The van der Waals surface area contributed by atoms with Gasteiger partial charge in [0.15, 0.2) is 0 Å². The lowest BCUT2D eigenvalue weighted by Crippen LogP contribution is -2.59. The molecule has 12 heteroatoms. The van der Waals surface area contributed by atoms with Crippen molar-refractivity contribution >= 4 is 29.7 Å². The molecular weight excluding hydrogens is 520 g/mol. The predicted molar refractivity (Wildman–Crippen MR) is 145 cm³/mol. The van der Waals surface area contributed by atoms with Crippen molar-refractivity contribution in [2.75, 3.05) is 0 Å². The Labute approximate surface area is 232 Å². The molecule has 0 fully saturated rings. The molecule has 40 heavy (non-hydrogen) atoms. The standard InChI is InChI=1S/C28H36N4O8/c1-3-16(2)24(27(38)31-22(28(39)40)14-17-7-5-4-6-8-17)32-26(37)21(13-18-9-11-19(33)12-10-18)30-25(36)20(29)15-23(34)35/h4-12,16,20-22,24,33H,3,13-15,29H2,1-2H3,(H,30,36)(H,31,38)(H,32,37)(H,34,35)(H,39,40). The first kappa shape index (κ1) is 31.8. The van der Waals surface area contributed by atoms with E-state index in [9.17, 15) is 34.2 Å². The SMILES string of the molecule is CCC(C)C(NC(=O)C(Cc1ccc(O)cc1)NC(=O)C(N)CC(=O)O)C(=O)NC(Cc1ccccc1)C(=O)O. The van der Waals surface area contributed by atoms with Gasteiger partial charge in [-0.1, -0.05) is 62.7 Å². The maximum Gasteiger partial charge on any atom is 0.326 e. The van der Waals surface area contributed by atoms with Crippen LogP contribution in [-0.2, 0) is 36.8 Å². The summed E-state index contributed by atoms with van der Waals surface area (Å²) in [4.78, 5) is 62.1. The van der Waals surface area contributed by atoms with E-state index in [1.54, 1.807) is 56.3 Å². The molecule has 2 aromatic carbocycles. The second kappa shape index (κ2) is 15.2. The number of hydrogen-bond acceptors (Lipinski definition) is 7. The summed E-state index contributed by atoms with van der Waals surface area (Å²) < 4.78 is 0. The van der Waals surface area contributed by atoms with Crippen LogP contribution < -0.4 is 21.7 Å². The quantitative estimate of drug-likeness (QED) is 0.163. The molecule has 0 aliphatic rings. The number of carbonyl (C=O) groups is 5. The number of amides is 3. The predicted octanol–water partition coefficient (Wildman–Crippen LogP) is 0.565. The van der Waals surface area contributed by atoms with Crippen LogP contribution in [0.4, 0.5) is 0 Å². The van der Waals surface area contributed by atoms with E-state index in [1.165, 1.54) is 12.1 Å². The Morgan fingerprint density at radius 3 is 1.88 bits per heavy atom. The highest BCUT2D eigenvalue weighted by molar-refractivity contribution is 5.95. The van der Waals surface area contributed by atoms with Gasteiger partial charge in [0, 0.05) is 12.8 Å². The molecule has 0 aliphatic carbocycles. The van der Waals surface area contributed by atoms with Crippen LogP contribution in [0.3, 0.4) is 0 Å². The molecule has 5 atom stereocenters. The van der Waals surface area contributed by atoms with Gasteiger partial charge in [-0.05, 0) is 29.2 Å². The number of benzene rings is 2. The molecule has 0 aromatic heterocycles. The Balaban J connectivity index is 2.25. The number of carbonyl (C=O) groups excluding carboxylic acids is 3. The molecule has 0 heterocycles. The average Bonchev–Trinajstić information content (AvgIpc) is 2.91. The Bertz CT molecular complexity index is 1170. The van der Waals surface area contributed by atoms with Gasteiger partial charge in [0.05, 0.1) is 12.5 Å². The number of nitrogens with two attached hydrogens (primary N) is 1. The third-order valence-corrected chi connectivity index (χ3v) is 6.43. The fraction of sp³-hybridized carbons (Fsp3) is 0.393. The summed E-state index contributed by atoms with van der Waals surface area (Å²) in [6.07, 6.45) is -0.217. The van der Waals surface area contributed by atoms with Crippen LogP contribution in [0.5, 0.6) is 5.75 Å². The highest BCUT2D eigenvalue weighted by Crippen LogP contribution is 2.14. The number of carboxylic acid groups (broad SMARTS) is 2. The van der Waals surface area contributed by atoms with Crippen molar-refractivity contribution in [1.29, 1.82) is 0 Å². The first-order valence-corrected chi connectivity index (χ1v) is 12.8. The maximum atomic E-state index is 13.4. The van der Waals surface area contributed by atoms with Crippen molar-refractivity contribution in [3.63, 3.8) is 0 Å². The largest absolute Gasteiger partial charge is 0.508 e. The molecule has 0 saturated heterocycles. The molecule has 0 bridgehead atoms. The zero-order valence-corrected chi connectivity index (χ0v) is 22.4. The highest BCUT2D eigenvalue weighted by Gasteiger charge is 2.33. The van der Waals surface area contributed by atoms with Crippen LogP contribution in [-0.4, -0.2) is 69.1 Å². The summed E-state index contributed by atoms with van der Waals surface area (Å²) in [5.74, 6) is -5.28. The summed E-state index contributed by atoms with van der Waals surface area (Å²) in [6.45, 7) is 3.52. The Hall–Kier alpha value is -4.45. The number of rotatable bonds is 15. The number of aromatic hydroxyl groups is 1. The van der Waals surface area contributed by atoms with Crippen molar-refractivity contribution < 1.29 is 39.3 Å². The fourth-order valence-electron chi connectivity index (χ4n) is 3.90.